The van der Waals surface area contributed by atoms with Crippen molar-refractivity contribution in [1.29, 1.82) is 0 Å². The predicted octanol–water partition coefficient (Wildman–Crippen LogP) is -1.76. The summed E-state index contributed by atoms with van der Waals surface area (Å²) in [5, 5.41) is 1.52. The van der Waals surface area contributed by atoms with E-state index in [2.05, 4.69) is 19.2 Å². The van der Waals surface area contributed by atoms with Crippen LogP contribution in [-0.2, 0) is 12.6 Å². The molecule has 0 aromatic rings. The molecule has 0 bridgehead atoms. The van der Waals surface area contributed by atoms with E-state index in [-0.39, 0.29) is 51.4 Å². The third-order valence-corrected chi connectivity index (χ3v) is 0.372. The predicted molar refractivity (Wildman–Crippen MR) is 26.7 cm³/mol. The summed E-state index contributed by atoms with van der Waals surface area (Å²) in [7, 11) is 0. The number of hydrogen-bond acceptors (Lipinski definition) is 1. The van der Waals surface area contributed by atoms with Crippen molar-refractivity contribution in [2.75, 3.05) is 0 Å². The molecule has 0 heterocycles. The van der Waals surface area contributed by atoms with E-state index in [1.807, 2.05) is 0 Å². The van der Waals surface area contributed by atoms with Crippen LogP contribution >= 0.6 is 0 Å². The Morgan fingerprint density at radius 1 is 1.50 bits per heavy atom. The Kier molecular flexibility index (Phi) is 16.5. The van der Waals surface area contributed by atoms with E-state index in [0.29, 0.717) is 0 Å². The molecule has 0 aliphatic rings. The summed E-state index contributed by atoms with van der Waals surface area (Å²) in [5.74, 6) is 0. The third kappa shape index (κ3) is 9.01. The molecule has 6 heavy (non-hydrogen) atoms. The van der Waals surface area contributed by atoms with Gasteiger partial charge in [0.2, 0.25) is 0 Å². The van der Waals surface area contributed by atoms with Crippen LogP contribution in [0.2, 0.25) is 0 Å². The largest absolute Gasteiger partial charge is 1.00 e. The second-order valence-electron chi connectivity index (χ2n) is 0.564. The van der Waals surface area contributed by atoms with Crippen LogP contribution in [0, 0.1) is 0 Å². The van der Waals surface area contributed by atoms with E-state index < -0.39 is 0 Å². The van der Waals surface area contributed by atoms with E-state index in [1.54, 1.807) is 12.2 Å². The molecule has 0 aliphatic carbocycles. The fraction of sp³-hybridized carbons (Fsp3) is 0. The Morgan fingerprint density at radius 2 is 2.00 bits per heavy atom. The van der Waals surface area contributed by atoms with Gasteiger partial charge in [0.25, 0.3) is 0 Å². The van der Waals surface area contributed by atoms with Gasteiger partial charge in [-0.15, -0.1) is 0 Å². The van der Waals surface area contributed by atoms with Crippen LogP contribution < -0.4 is 51.4 Å². The molecule has 28 valence electrons. The number of rotatable bonds is 1. The minimum Gasteiger partial charge on any atom is -0.787 e. The quantitative estimate of drug-likeness (QED) is 0.227. The second kappa shape index (κ2) is 9.60. The number of allylic oxidation sites excluding steroid dienone is 2. The summed E-state index contributed by atoms with van der Waals surface area (Å²) >= 11 is 4.40. The van der Waals surface area contributed by atoms with Crippen LogP contribution in [0.1, 0.15) is 0 Å². The van der Waals surface area contributed by atoms with Gasteiger partial charge in [-0.2, -0.15) is 0 Å². The van der Waals surface area contributed by atoms with Gasteiger partial charge in [0.05, 0.1) is 0 Å². The summed E-state index contributed by atoms with van der Waals surface area (Å²) in [6.45, 7) is 3.40. The smallest absolute Gasteiger partial charge is 0.787 e. The first-order valence-electron chi connectivity index (χ1n) is 1.31. The molecule has 0 nitrogen and oxygen atoms in total. The maximum absolute atomic E-state index is 4.40. The van der Waals surface area contributed by atoms with Crippen LogP contribution in [0.15, 0.2) is 24.1 Å². The van der Waals surface area contributed by atoms with Crippen LogP contribution in [0.3, 0.4) is 0 Å². The monoisotopic (exact) mass is 124 g/mol. The molecule has 0 amide bonds. The molecule has 0 saturated heterocycles. The molecule has 0 radical (unpaired) electrons. The zero-order chi connectivity index (χ0) is 4.12. The summed E-state index contributed by atoms with van der Waals surface area (Å²) in [6.07, 6.45) is 3.35. The first kappa shape index (κ1) is 10.3. The van der Waals surface area contributed by atoms with Crippen molar-refractivity contribution in [2.24, 2.45) is 0 Å². The SMILES string of the molecule is C=C/C=C/[S-].[K+]. The average molecular weight is 124 g/mol. The van der Waals surface area contributed by atoms with Crippen LogP contribution in [0.25, 0.3) is 0 Å². The van der Waals surface area contributed by atoms with Gasteiger partial charge in [-0.05, 0) is 0 Å². The molecule has 0 spiro atoms. The zero-order valence-corrected chi connectivity index (χ0v) is 7.79. The van der Waals surface area contributed by atoms with Crippen molar-refractivity contribution < 1.29 is 51.4 Å². The van der Waals surface area contributed by atoms with Crippen molar-refractivity contribution in [1.82, 2.24) is 0 Å². The van der Waals surface area contributed by atoms with Gasteiger partial charge in [0, 0.05) is 0 Å². The Morgan fingerprint density at radius 3 is 2.00 bits per heavy atom. The fourth-order valence-electron chi connectivity index (χ4n) is 0.0556. The first-order chi connectivity index (χ1) is 2.41. The van der Waals surface area contributed by atoms with Gasteiger partial charge < -0.3 is 12.6 Å². The fourth-order valence-corrected chi connectivity index (χ4v) is 0.167. The second-order valence-corrected chi connectivity index (χ2v) is 0.836. The summed E-state index contributed by atoms with van der Waals surface area (Å²) < 4.78 is 0. The van der Waals surface area contributed by atoms with Crippen molar-refractivity contribution >= 4 is 12.6 Å². The van der Waals surface area contributed by atoms with E-state index in [1.165, 1.54) is 5.41 Å². The van der Waals surface area contributed by atoms with E-state index in [0.717, 1.165) is 0 Å². The van der Waals surface area contributed by atoms with Gasteiger partial charge in [0.1, 0.15) is 0 Å². The van der Waals surface area contributed by atoms with Crippen LogP contribution in [0.4, 0.5) is 0 Å². The molecule has 0 fully saturated rings. The molecule has 0 rings (SSSR count). The molecule has 0 aliphatic heterocycles. The summed E-state index contributed by atoms with van der Waals surface area (Å²) in [4.78, 5) is 0. The summed E-state index contributed by atoms with van der Waals surface area (Å²) in [6, 6.07) is 0. The molecule has 0 saturated carbocycles. The Bertz CT molecular complexity index is 49.5. The van der Waals surface area contributed by atoms with Crippen LogP contribution in [0.5, 0.6) is 0 Å². The van der Waals surface area contributed by atoms with Gasteiger partial charge in [0.15, 0.2) is 0 Å². The Balaban J connectivity index is 0. The van der Waals surface area contributed by atoms with Crippen LogP contribution in [-0.4, -0.2) is 0 Å². The maximum atomic E-state index is 4.40. The molecule has 0 atom stereocenters. The van der Waals surface area contributed by atoms with Gasteiger partial charge in [-0.25, -0.2) is 5.41 Å². The number of hydrogen-bond donors (Lipinski definition) is 0. The van der Waals surface area contributed by atoms with Gasteiger partial charge in [-0.3, -0.25) is 0 Å². The van der Waals surface area contributed by atoms with E-state index in [9.17, 15) is 0 Å². The molecule has 0 N–H and O–H groups in total. The molecule has 0 aromatic heterocycles. The Hall–Kier alpha value is 1.34. The molecule has 0 unspecified atom stereocenters. The topological polar surface area (TPSA) is 0 Å². The standard InChI is InChI=1S/C4H6S.K/c1-2-3-4-5;/h2-5H,1H2;/q;+1/p-1/b4-3+;. The Labute approximate surface area is 86.5 Å². The minimum absolute atomic E-state index is 0. The molecular formula is C4H5KS. The molecular weight excluding hydrogens is 119 g/mol. The molecule has 2 heteroatoms. The minimum atomic E-state index is 0. The maximum Gasteiger partial charge on any atom is 1.00 e. The van der Waals surface area contributed by atoms with E-state index in [4.69, 9.17) is 0 Å². The van der Waals surface area contributed by atoms with Gasteiger partial charge in [-0.1, -0.05) is 18.7 Å². The van der Waals surface area contributed by atoms with Crippen molar-refractivity contribution in [2.45, 2.75) is 0 Å². The third-order valence-electron chi connectivity index (χ3n) is 0.215. The first-order valence-corrected chi connectivity index (χ1v) is 1.78. The normalized spacial score (nSPS) is 7.33. The van der Waals surface area contributed by atoms with Crippen molar-refractivity contribution in [3.05, 3.63) is 24.1 Å². The van der Waals surface area contributed by atoms with Crippen molar-refractivity contribution in [3.8, 4) is 0 Å². The zero-order valence-electron chi connectivity index (χ0n) is 3.85. The average Bonchev–Trinajstić information content (AvgIpc) is 1.41. The van der Waals surface area contributed by atoms with E-state index >= 15 is 0 Å². The summed E-state index contributed by atoms with van der Waals surface area (Å²) in [5.41, 5.74) is 0. The van der Waals surface area contributed by atoms with Crippen molar-refractivity contribution in [3.63, 3.8) is 0 Å². The van der Waals surface area contributed by atoms with Gasteiger partial charge >= 0.3 is 51.4 Å². The molecule has 0 aromatic carbocycles.